The van der Waals surface area contributed by atoms with E-state index in [0.29, 0.717) is 5.41 Å². The summed E-state index contributed by atoms with van der Waals surface area (Å²) in [4.78, 5) is 5.18. The number of nitrogens with zero attached hydrogens (tertiary/aromatic N) is 2. The fourth-order valence-corrected chi connectivity index (χ4v) is 3.50. The fraction of sp³-hybridized carbons (Fsp3) is 1.00. The van der Waals surface area contributed by atoms with Gasteiger partial charge in [0.1, 0.15) is 0 Å². The topological polar surface area (TPSA) is 26.7 Å². The first kappa shape index (κ1) is 14.3. The van der Waals surface area contributed by atoms with E-state index in [4.69, 9.17) is 0 Å². The summed E-state index contributed by atoms with van der Waals surface area (Å²) < 4.78 is 0. The average molecular weight is 254 g/mol. The lowest BCUT2D eigenvalue weighted by molar-refractivity contribution is 0.125. The van der Waals surface area contributed by atoms with Crippen molar-refractivity contribution in [1.29, 1.82) is 0 Å². The third-order valence-electron chi connectivity index (χ3n) is 4.29. The zero-order valence-electron chi connectivity index (χ0n) is 12.2. The number of aliphatic hydroxyl groups excluding tert-OH is 1. The van der Waals surface area contributed by atoms with Crippen LogP contribution in [0.25, 0.3) is 0 Å². The number of hydrogen-bond acceptors (Lipinski definition) is 3. The van der Waals surface area contributed by atoms with E-state index in [1.54, 1.807) is 0 Å². The van der Waals surface area contributed by atoms with Gasteiger partial charge in [-0.1, -0.05) is 13.8 Å². The Bertz CT molecular complexity index is 249. The molecule has 2 aliphatic heterocycles. The molecule has 0 bridgehead atoms. The highest BCUT2D eigenvalue weighted by molar-refractivity contribution is 4.81. The largest absolute Gasteiger partial charge is 0.393 e. The highest BCUT2D eigenvalue weighted by Crippen LogP contribution is 2.23. The average Bonchev–Trinajstić information content (AvgIpc) is 2.69. The predicted octanol–water partition coefficient (Wildman–Crippen LogP) is 1.96. The Labute approximate surface area is 112 Å². The molecule has 18 heavy (non-hydrogen) atoms. The Balaban J connectivity index is 1.78. The van der Waals surface area contributed by atoms with Gasteiger partial charge in [-0.3, -0.25) is 0 Å². The van der Waals surface area contributed by atoms with Crippen molar-refractivity contribution in [3.05, 3.63) is 0 Å². The van der Waals surface area contributed by atoms with Crippen LogP contribution >= 0.6 is 0 Å². The zero-order chi connectivity index (χ0) is 13.0. The Morgan fingerprint density at radius 3 is 2.11 bits per heavy atom. The van der Waals surface area contributed by atoms with Crippen LogP contribution in [0.5, 0.6) is 0 Å². The molecule has 106 valence electrons. The van der Waals surface area contributed by atoms with Gasteiger partial charge in [0.25, 0.3) is 0 Å². The minimum absolute atomic E-state index is 0.0586. The first-order valence-electron chi connectivity index (χ1n) is 7.68. The standard InChI is InChI=1S/C15H30N2O/c1-15(2,12-16-8-3-4-9-16)13-17-10-5-6-14(18)7-11-17/h14,18H,3-13H2,1-2H3. The maximum Gasteiger partial charge on any atom is 0.0553 e. The second-order valence-electron chi connectivity index (χ2n) is 7.01. The van der Waals surface area contributed by atoms with E-state index in [2.05, 4.69) is 23.6 Å². The molecular formula is C15H30N2O. The molecule has 1 unspecified atom stereocenters. The van der Waals surface area contributed by atoms with Crippen molar-refractivity contribution in [2.45, 2.75) is 52.1 Å². The number of aliphatic hydroxyl groups is 1. The Hall–Kier alpha value is -0.120. The summed E-state index contributed by atoms with van der Waals surface area (Å²) in [5.41, 5.74) is 0.375. The fourth-order valence-electron chi connectivity index (χ4n) is 3.50. The van der Waals surface area contributed by atoms with Gasteiger partial charge in [-0.05, 0) is 57.2 Å². The molecule has 2 rings (SSSR count). The van der Waals surface area contributed by atoms with E-state index in [9.17, 15) is 5.11 Å². The molecule has 2 heterocycles. The predicted molar refractivity (Wildman–Crippen MR) is 75.8 cm³/mol. The van der Waals surface area contributed by atoms with Crippen molar-refractivity contribution < 1.29 is 5.11 Å². The second-order valence-corrected chi connectivity index (χ2v) is 7.01. The van der Waals surface area contributed by atoms with Gasteiger partial charge in [0.15, 0.2) is 0 Å². The molecule has 0 saturated carbocycles. The Morgan fingerprint density at radius 1 is 0.889 bits per heavy atom. The summed E-state index contributed by atoms with van der Waals surface area (Å²) in [7, 11) is 0. The molecule has 2 saturated heterocycles. The van der Waals surface area contributed by atoms with Crippen LogP contribution in [0.2, 0.25) is 0 Å². The van der Waals surface area contributed by atoms with Gasteiger partial charge in [-0.25, -0.2) is 0 Å². The summed E-state index contributed by atoms with van der Waals surface area (Å²) in [6.07, 6.45) is 5.80. The van der Waals surface area contributed by atoms with Gasteiger partial charge < -0.3 is 14.9 Å². The summed E-state index contributed by atoms with van der Waals surface area (Å²) in [5, 5.41) is 9.70. The molecule has 1 N–H and O–H groups in total. The summed E-state index contributed by atoms with van der Waals surface area (Å²) >= 11 is 0. The quantitative estimate of drug-likeness (QED) is 0.831. The molecule has 2 aliphatic rings. The Morgan fingerprint density at radius 2 is 1.44 bits per heavy atom. The minimum Gasteiger partial charge on any atom is -0.393 e. The van der Waals surface area contributed by atoms with E-state index >= 15 is 0 Å². The SMILES string of the molecule is CC(C)(CN1CCCC1)CN1CCCC(O)CC1. The molecule has 1 atom stereocenters. The van der Waals surface area contributed by atoms with E-state index < -0.39 is 0 Å². The molecule has 0 aromatic carbocycles. The van der Waals surface area contributed by atoms with Gasteiger partial charge >= 0.3 is 0 Å². The van der Waals surface area contributed by atoms with Crippen molar-refractivity contribution in [3.63, 3.8) is 0 Å². The van der Waals surface area contributed by atoms with E-state index in [1.807, 2.05) is 0 Å². The van der Waals surface area contributed by atoms with Crippen LogP contribution < -0.4 is 0 Å². The highest BCUT2D eigenvalue weighted by Gasteiger charge is 2.27. The number of rotatable bonds is 4. The molecule has 3 heteroatoms. The first-order chi connectivity index (χ1) is 8.55. The molecule has 0 amide bonds. The molecule has 0 aromatic heterocycles. The Kier molecular flexibility index (Phi) is 5.05. The molecule has 0 spiro atoms. The lowest BCUT2D eigenvalue weighted by Crippen LogP contribution is -2.42. The molecule has 0 radical (unpaired) electrons. The minimum atomic E-state index is -0.0586. The summed E-state index contributed by atoms with van der Waals surface area (Å²) in [6.45, 7) is 12.0. The van der Waals surface area contributed by atoms with Crippen LogP contribution in [0.4, 0.5) is 0 Å². The van der Waals surface area contributed by atoms with Crippen LogP contribution in [-0.4, -0.2) is 60.3 Å². The number of hydrogen-bond donors (Lipinski definition) is 1. The van der Waals surface area contributed by atoms with Crippen molar-refractivity contribution in [2.24, 2.45) is 5.41 Å². The van der Waals surface area contributed by atoms with Crippen LogP contribution in [0, 0.1) is 5.41 Å². The smallest absolute Gasteiger partial charge is 0.0553 e. The van der Waals surface area contributed by atoms with Crippen LogP contribution in [0.3, 0.4) is 0 Å². The maximum absolute atomic E-state index is 9.70. The molecule has 0 aromatic rings. The maximum atomic E-state index is 9.70. The second kappa shape index (κ2) is 6.36. The molecule has 3 nitrogen and oxygen atoms in total. The van der Waals surface area contributed by atoms with Crippen LogP contribution in [-0.2, 0) is 0 Å². The van der Waals surface area contributed by atoms with Crippen LogP contribution in [0.1, 0.15) is 46.0 Å². The van der Waals surface area contributed by atoms with Crippen molar-refractivity contribution in [1.82, 2.24) is 9.80 Å². The monoisotopic (exact) mass is 254 g/mol. The van der Waals surface area contributed by atoms with Crippen molar-refractivity contribution in [3.8, 4) is 0 Å². The van der Waals surface area contributed by atoms with Gasteiger partial charge in [-0.15, -0.1) is 0 Å². The lowest BCUT2D eigenvalue weighted by atomic mass is 9.92. The first-order valence-corrected chi connectivity index (χ1v) is 7.68. The van der Waals surface area contributed by atoms with Gasteiger partial charge in [0.05, 0.1) is 6.10 Å². The van der Waals surface area contributed by atoms with E-state index in [-0.39, 0.29) is 6.10 Å². The third-order valence-corrected chi connectivity index (χ3v) is 4.29. The summed E-state index contributed by atoms with van der Waals surface area (Å²) in [6, 6.07) is 0. The van der Waals surface area contributed by atoms with E-state index in [0.717, 1.165) is 25.8 Å². The third kappa shape index (κ3) is 4.52. The van der Waals surface area contributed by atoms with E-state index in [1.165, 1.54) is 45.6 Å². The molecule has 2 fully saturated rings. The van der Waals surface area contributed by atoms with Crippen molar-refractivity contribution in [2.75, 3.05) is 39.3 Å². The molecular weight excluding hydrogens is 224 g/mol. The lowest BCUT2D eigenvalue weighted by Gasteiger charge is -2.35. The van der Waals surface area contributed by atoms with Crippen molar-refractivity contribution >= 4 is 0 Å². The van der Waals surface area contributed by atoms with Gasteiger partial charge in [-0.2, -0.15) is 0 Å². The normalized spacial score (nSPS) is 28.5. The number of likely N-dealkylation sites (tertiary alicyclic amines) is 2. The zero-order valence-corrected chi connectivity index (χ0v) is 12.2. The van der Waals surface area contributed by atoms with Gasteiger partial charge in [0, 0.05) is 19.6 Å². The van der Waals surface area contributed by atoms with Gasteiger partial charge in [0.2, 0.25) is 0 Å². The molecule has 0 aliphatic carbocycles. The highest BCUT2D eigenvalue weighted by atomic mass is 16.3. The summed E-state index contributed by atoms with van der Waals surface area (Å²) in [5.74, 6) is 0. The van der Waals surface area contributed by atoms with Crippen LogP contribution in [0.15, 0.2) is 0 Å².